The van der Waals surface area contributed by atoms with Gasteiger partial charge in [0.2, 0.25) is 0 Å². The molecule has 0 aliphatic heterocycles. The van der Waals surface area contributed by atoms with Crippen LogP contribution in [0.25, 0.3) is 0 Å². The van der Waals surface area contributed by atoms with E-state index in [2.05, 4.69) is 33.6 Å². The first-order chi connectivity index (χ1) is 11.4. The first kappa shape index (κ1) is 18.3. The lowest BCUT2D eigenvalue weighted by Gasteiger charge is -2.44. The highest BCUT2D eigenvalue weighted by Gasteiger charge is 2.39. The summed E-state index contributed by atoms with van der Waals surface area (Å²) in [5.41, 5.74) is 2.76. The van der Waals surface area contributed by atoms with Crippen molar-refractivity contribution in [2.24, 2.45) is 17.3 Å². The van der Waals surface area contributed by atoms with Gasteiger partial charge in [-0.1, -0.05) is 49.9 Å². The SMILES string of the molecule is C=C[C@]1(C)CC[C@@H](C(=C)C)C[C@H]1C(=C)COC(=O)c1ccccc1. The number of esters is 1. The van der Waals surface area contributed by atoms with Gasteiger partial charge in [0.15, 0.2) is 0 Å². The molecule has 24 heavy (non-hydrogen) atoms. The highest BCUT2D eigenvalue weighted by atomic mass is 16.5. The smallest absolute Gasteiger partial charge is 0.338 e. The van der Waals surface area contributed by atoms with Gasteiger partial charge in [-0.3, -0.25) is 0 Å². The maximum Gasteiger partial charge on any atom is 0.338 e. The summed E-state index contributed by atoms with van der Waals surface area (Å²) in [4.78, 5) is 12.1. The second-order valence-electron chi connectivity index (χ2n) is 7.18. The molecule has 1 aliphatic carbocycles. The lowest BCUT2D eigenvalue weighted by Crippen LogP contribution is -2.35. The van der Waals surface area contributed by atoms with Crippen molar-refractivity contribution < 1.29 is 9.53 Å². The Labute approximate surface area is 145 Å². The highest BCUT2D eigenvalue weighted by Crippen LogP contribution is 2.48. The van der Waals surface area contributed by atoms with Crippen molar-refractivity contribution in [3.8, 4) is 0 Å². The number of ether oxygens (including phenoxy) is 1. The van der Waals surface area contributed by atoms with E-state index in [0.29, 0.717) is 11.5 Å². The third kappa shape index (κ3) is 4.05. The largest absolute Gasteiger partial charge is 0.458 e. The van der Waals surface area contributed by atoms with Gasteiger partial charge in [0.1, 0.15) is 6.61 Å². The Morgan fingerprint density at radius 1 is 1.33 bits per heavy atom. The van der Waals surface area contributed by atoms with Crippen LogP contribution in [-0.2, 0) is 4.74 Å². The first-order valence-corrected chi connectivity index (χ1v) is 8.56. The van der Waals surface area contributed by atoms with Crippen molar-refractivity contribution >= 4 is 5.97 Å². The van der Waals surface area contributed by atoms with Gasteiger partial charge in [0.05, 0.1) is 5.56 Å². The van der Waals surface area contributed by atoms with Crippen molar-refractivity contribution in [2.75, 3.05) is 6.61 Å². The molecule has 1 aliphatic rings. The molecule has 128 valence electrons. The molecule has 1 aromatic carbocycles. The fourth-order valence-electron chi connectivity index (χ4n) is 3.57. The van der Waals surface area contributed by atoms with Crippen molar-refractivity contribution in [3.05, 3.63) is 72.9 Å². The molecule has 0 unspecified atom stereocenters. The van der Waals surface area contributed by atoms with Crippen molar-refractivity contribution in [1.82, 2.24) is 0 Å². The third-order valence-electron chi connectivity index (χ3n) is 5.40. The maximum absolute atomic E-state index is 12.1. The number of carbonyl (C=O) groups excluding carboxylic acids is 1. The predicted molar refractivity (Wildman–Crippen MR) is 99.8 cm³/mol. The fraction of sp³-hybridized carbons (Fsp3) is 0.409. The minimum atomic E-state index is -0.302. The average molecular weight is 324 g/mol. The molecular formula is C22H28O2. The molecule has 2 heteroatoms. The van der Waals surface area contributed by atoms with E-state index >= 15 is 0 Å². The zero-order valence-electron chi connectivity index (χ0n) is 14.9. The number of allylic oxidation sites excluding steroid dienone is 2. The van der Waals surface area contributed by atoms with Crippen LogP contribution >= 0.6 is 0 Å². The zero-order valence-corrected chi connectivity index (χ0v) is 14.9. The molecule has 0 heterocycles. The first-order valence-electron chi connectivity index (χ1n) is 8.56. The Kier molecular flexibility index (Phi) is 5.82. The lowest BCUT2D eigenvalue weighted by molar-refractivity contribution is 0.0509. The Hall–Kier alpha value is -2.09. The summed E-state index contributed by atoms with van der Waals surface area (Å²) >= 11 is 0. The Balaban J connectivity index is 2.04. The third-order valence-corrected chi connectivity index (χ3v) is 5.40. The van der Waals surface area contributed by atoms with Crippen LogP contribution in [0, 0.1) is 17.3 Å². The van der Waals surface area contributed by atoms with Gasteiger partial charge in [-0.2, -0.15) is 0 Å². The van der Waals surface area contributed by atoms with Gasteiger partial charge in [-0.25, -0.2) is 4.79 Å². The number of hydrogen-bond donors (Lipinski definition) is 0. The van der Waals surface area contributed by atoms with Gasteiger partial charge in [0.25, 0.3) is 0 Å². The van der Waals surface area contributed by atoms with Gasteiger partial charge in [0, 0.05) is 0 Å². The van der Waals surface area contributed by atoms with Crippen LogP contribution in [-0.4, -0.2) is 12.6 Å². The predicted octanol–water partition coefficient (Wildman–Crippen LogP) is 5.58. The van der Waals surface area contributed by atoms with E-state index in [1.165, 1.54) is 5.57 Å². The van der Waals surface area contributed by atoms with Gasteiger partial charge >= 0.3 is 5.97 Å². The van der Waals surface area contributed by atoms with E-state index in [-0.39, 0.29) is 23.9 Å². The van der Waals surface area contributed by atoms with Crippen molar-refractivity contribution in [1.29, 1.82) is 0 Å². The summed E-state index contributed by atoms with van der Waals surface area (Å²) in [5.74, 6) is 0.461. The van der Waals surface area contributed by atoms with Gasteiger partial charge < -0.3 is 4.74 Å². The summed E-state index contributed by atoms with van der Waals surface area (Å²) in [6, 6.07) is 9.07. The molecule has 2 nitrogen and oxygen atoms in total. The number of rotatable bonds is 6. The van der Waals surface area contributed by atoms with Crippen LogP contribution in [0.5, 0.6) is 0 Å². The second kappa shape index (κ2) is 7.65. The monoisotopic (exact) mass is 324 g/mol. The van der Waals surface area contributed by atoms with Crippen LogP contribution in [0.3, 0.4) is 0 Å². The van der Waals surface area contributed by atoms with E-state index in [1.54, 1.807) is 12.1 Å². The molecule has 0 aromatic heterocycles. The molecule has 0 radical (unpaired) electrons. The summed E-state index contributed by atoms with van der Waals surface area (Å²) in [5, 5.41) is 0. The molecule has 1 fully saturated rings. The van der Waals surface area contributed by atoms with Crippen molar-refractivity contribution in [2.45, 2.75) is 33.1 Å². The Bertz CT molecular complexity index is 629. The molecule has 0 bridgehead atoms. The maximum atomic E-state index is 12.1. The minimum absolute atomic E-state index is 0.00217. The summed E-state index contributed by atoms with van der Waals surface area (Å²) in [6.45, 7) is 17.0. The Morgan fingerprint density at radius 3 is 2.58 bits per heavy atom. The standard InChI is InChI=1S/C22H28O2/c1-6-22(5)13-12-19(16(2)3)14-20(22)17(4)15-24-21(23)18-10-8-7-9-11-18/h6-11,19-20H,1-2,4,12-15H2,3,5H3/t19-,20+,22-/m1/s1. The molecule has 0 N–H and O–H groups in total. The van der Waals surface area contributed by atoms with Crippen LogP contribution in [0.1, 0.15) is 43.5 Å². The van der Waals surface area contributed by atoms with E-state index in [1.807, 2.05) is 24.3 Å². The lowest BCUT2D eigenvalue weighted by atomic mass is 9.61. The number of carbonyl (C=O) groups is 1. The fourth-order valence-corrected chi connectivity index (χ4v) is 3.57. The van der Waals surface area contributed by atoms with Crippen LogP contribution in [0.4, 0.5) is 0 Å². The average Bonchev–Trinajstić information content (AvgIpc) is 2.60. The van der Waals surface area contributed by atoms with Crippen LogP contribution in [0.15, 0.2) is 67.3 Å². The summed E-state index contributed by atoms with van der Waals surface area (Å²) < 4.78 is 5.48. The van der Waals surface area contributed by atoms with E-state index in [9.17, 15) is 4.79 Å². The molecule has 3 atom stereocenters. The summed E-state index contributed by atoms with van der Waals surface area (Å²) in [7, 11) is 0. The highest BCUT2D eigenvalue weighted by molar-refractivity contribution is 5.89. The normalized spacial score (nSPS) is 26.4. The number of hydrogen-bond acceptors (Lipinski definition) is 2. The van der Waals surface area contributed by atoms with E-state index in [4.69, 9.17) is 4.74 Å². The van der Waals surface area contributed by atoms with Gasteiger partial charge in [-0.15, -0.1) is 6.58 Å². The molecular weight excluding hydrogens is 296 g/mol. The topological polar surface area (TPSA) is 26.3 Å². The van der Waals surface area contributed by atoms with E-state index in [0.717, 1.165) is 24.8 Å². The number of benzene rings is 1. The molecule has 0 amide bonds. The quantitative estimate of drug-likeness (QED) is 0.504. The Morgan fingerprint density at radius 2 is 2.00 bits per heavy atom. The van der Waals surface area contributed by atoms with Crippen LogP contribution < -0.4 is 0 Å². The molecule has 0 saturated heterocycles. The minimum Gasteiger partial charge on any atom is -0.458 e. The zero-order chi connectivity index (χ0) is 17.7. The molecule has 2 rings (SSSR count). The van der Waals surface area contributed by atoms with Crippen molar-refractivity contribution in [3.63, 3.8) is 0 Å². The molecule has 1 saturated carbocycles. The van der Waals surface area contributed by atoms with Gasteiger partial charge in [-0.05, 0) is 61.1 Å². The molecule has 0 spiro atoms. The summed E-state index contributed by atoms with van der Waals surface area (Å²) in [6.07, 6.45) is 5.23. The molecule has 1 aromatic rings. The second-order valence-corrected chi connectivity index (χ2v) is 7.18. The van der Waals surface area contributed by atoms with E-state index < -0.39 is 0 Å². The van der Waals surface area contributed by atoms with Crippen LogP contribution in [0.2, 0.25) is 0 Å².